The number of ether oxygens (including phenoxy) is 1. The van der Waals surface area contributed by atoms with Crippen molar-refractivity contribution in [3.8, 4) is 0 Å². The number of nitrogens with zero attached hydrogens (tertiary/aromatic N) is 3. The Balaban J connectivity index is 0.00000113. The van der Waals surface area contributed by atoms with Gasteiger partial charge in [-0.1, -0.05) is 0 Å². The minimum atomic E-state index is 0. The summed E-state index contributed by atoms with van der Waals surface area (Å²) in [6.45, 7) is 4.66. The lowest BCUT2D eigenvalue weighted by molar-refractivity contribution is -0.145. The number of nitrogens with two attached hydrogens (primary N) is 1. The van der Waals surface area contributed by atoms with E-state index in [1.165, 1.54) is 12.8 Å². The van der Waals surface area contributed by atoms with Crippen LogP contribution in [0.5, 0.6) is 0 Å². The first-order valence-corrected chi connectivity index (χ1v) is 8.77. The lowest BCUT2D eigenvalue weighted by Crippen LogP contribution is -2.53. The number of morpholine rings is 1. The molecule has 2 heterocycles. The number of hydrogen-bond acceptors (Lipinski definition) is 4. The van der Waals surface area contributed by atoms with Crippen molar-refractivity contribution in [2.75, 3.05) is 19.7 Å². The monoisotopic (exact) mass is 390 g/mol. The van der Waals surface area contributed by atoms with Crippen molar-refractivity contribution in [1.82, 2.24) is 14.7 Å². The van der Waals surface area contributed by atoms with Crippen molar-refractivity contribution in [3.63, 3.8) is 0 Å². The van der Waals surface area contributed by atoms with Crippen molar-refractivity contribution in [2.45, 2.75) is 44.9 Å². The second kappa shape index (κ2) is 8.25. The quantitative estimate of drug-likeness (QED) is 0.850. The summed E-state index contributed by atoms with van der Waals surface area (Å²) in [5.74, 6) is 1.38. The van der Waals surface area contributed by atoms with Gasteiger partial charge in [-0.05, 0) is 43.6 Å². The third-order valence-electron chi connectivity index (χ3n) is 5.87. The lowest BCUT2D eigenvalue weighted by atomic mass is 9.84. The van der Waals surface area contributed by atoms with E-state index in [1.54, 1.807) is 0 Å². The highest BCUT2D eigenvalue weighted by molar-refractivity contribution is 5.85. The van der Waals surface area contributed by atoms with E-state index in [4.69, 9.17) is 10.5 Å². The van der Waals surface area contributed by atoms with Crippen molar-refractivity contribution < 1.29 is 9.53 Å². The Labute approximate surface area is 161 Å². The summed E-state index contributed by atoms with van der Waals surface area (Å²) in [7, 11) is 0. The SMILES string of the molecule is Cc1cnn(CC2CN(C(=O)C3C4CCC(C4)C3N)CCO2)c1.Cl.Cl. The first-order valence-electron chi connectivity index (χ1n) is 8.77. The Morgan fingerprint density at radius 1 is 1.36 bits per heavy atom. The summed E-state index contributed by atoms with van der Waals surface area (Å²) in [5.41, 5.74) is 7.48. The third-order valence-corrected chi connectivity index (χ3v) is 5.87. The van der Waals surface area contributed by atoms with Crippen LogP contribution < -0.4 is 5.73 Å². The molecule has 0 spiro atoms. The van der Waals surface area contributed by atoms with Gasteiger partial charge in [0.25, 0.3) is 0 Å². The maximum Gasteiger partial charge on any atom is 0.227 e. The molecule has 2 bridgehead atoms. The third kappa shape index (κ3) is 3.97. The van der Waals surface area contributed by atoms with Crippen LogP contribution in [0.25, 0.3) is 0 Å². The number of rotatable bonds is 3. The van der Waals surface area contributed by atoms with Gasteiger partial charge in [0.1, 0.15) is 0 Å². The van der Waals surface area contributed by atoms with Crippen molar-refractivity contribution in [1.29, 1.82) is 0 Å². The number of carbonyl (C=O) groups is 1. The van der Waals surface area contributed by atoms with Crippen LogP contribution in [0.3, 0.4) is 0 Å². The molecule has 1 amide bonds. The second-order valence-electron chi connectivity index (χ2n) is 7.45. The Bertz CT molecular complexity index is 595. The van der Waals surface area contributed by atoms with Crippen molar-refractivity contribution in [3.05, 3.63) is 18.0 Å². The largest absolute Gasteiger partial charge is 0.373 e. The molecule has 2 N–H and O–H groups in total. The zero-order valence-corrected chi connectivity index (χ0v) is 16.2. The molecule has 2 aliphatic carbocycles. The highest BCUT2D eigenvalue weighted by Crippen LogP contribution is 2.48. The van der Waals surface area contributed by atoms with E-state index < -0.39 is 0 Å². The second-order valence-corrected chi connectivity index (χ2v) is 7.45. The van der Waals surface area contributed by atoms with Gasteiger partial charge in [0.2, 0.25) is 5.91 Å². The first-order chi connectivity index (χ1) is 11.1. The predicted octanol–water partition coefficient (Wildman–Crippen LogP) is 1.64. The summed E-state index contributed by atoms with van der Waals surface area (Å²) in [4.78, 5) is 15.0. The average molecular weight is 391 g/mol. The van der Waals surface area contributed by atoms with E-state index in [2.05, 4.69) is 5.10 Å². The van der Waals surface area contributed by atoms with Crippen LogP contribution in [0.2, 0.25) is 0 Å². The molecular weight excluding hydrogens is 363 g/mol. The summed E-state index contributed by atoms with van der Waals surface area (Å²) >= 11 is 0. The number of aryl methyl sites for hydroxylation is 1. The zero-order chi connectivity index (χ0) is 16.0. The van der Waals surface area contributed by atoms with Gasteiger partial charge in [0.15, 0.2) is 0 Å². The zero-order valence-electron chi connectivity index (χ0n) is 14.5. The standard InChI is InChI=1S/C17H26N4O2.2ClH/c1-11-7-19-21(8-11)10-14-9-20(4-5-23-14)17(22)15-12-2-3-13(6-12)16(15)18;;/h7-8,12-16H,2-6,9-10,18H2,1H3;2*1H. The van der Waals surface area contributed by atoms with E-state index in [1.807, 2.05) is 28.9 Å². The molecule has 1 aromatic rings. The summed E-state index contributed by atoms with van der Waals surface area (Å²) in [5, 5.41) is 4.31. The van der Waals surface area contributed by atoms with E-state index in [9.17, 15) is 4.79 Å². The smallest absolute Gasteiger partial charge is 0.227 e. The van der Waals surface area contributed by atoms with Gasteiger partial charge < -0.3 is 15.4 Å². The molecule has 1 aliphatic heterocycles. The van der Waals surface area contributed by atoms with E-state index in [-0.39, 0.29) is 48.8 Å². The van der Waals surface area contributed by atoms with E-state index >= 15 is 0 Å². The van der Waals surface area contributed by atoms with Crippen LogP contribution in [0, 0.1) is 24.7 Å². The minimum absolute atomic E-state index is 0. The van der Waals surface area contributed by atoms with Crippen LogP contribution in [0.4, 0.5) is 0 Å². The fraction of sp³-hybridized carbons (Fsp3) is 0.765. The number of halogens is 2. The molecule has 0 aromatic carbocycles. The summed E-state index contributed by atoms with van der Waals surface area (Å²) in [6, 6.07) is 0.0660. The number of hydrogen-bond donors (Lipinski definition) is 1. The Morgan fingerprint density at radius 2 is 2.12 bits per heavy atom. The maximum atomic E-state index is 13.0. The molecule has 3 aliphatic rings. The molecule has 0 radical (unpaired) electrons. The summed E-state index contributed by atoms with van der Waals surface area (Å²) in [6.07, 6.45) is 7.41. The molecular formula is C17H28Cl2N4O2. The Kier molecular flexibility index (Phi) is 6.76. The van der Waals surface area contributed by atoms with Gasteiger partial charge in [0, 0.05) is 25.3 Å². The normalized spacial score (nSPS) is 33.7. The average Bonchev–Trinajstić information content (AvgIpc) is 3.23. The topological polar surface area (TPSA) is 73.4 Å². The highest BCUT2D eigenvalue weighted by atomic mass is 35.5. The van der Waals surface area contributed by atoms with Crippen LogP contribution >= 0.6 is 24.8 Å². The highest BCUT2D eigenvalue weighted by Gasteiger charge is 2.50. The molecule has 8 heteroatoms. The molecule has 1 saturated heterocycles. The van der Waals surface area contributed by atoms with Crippen LogP contribution in [0.1, 0.15) is 24.8 Å². The summed E-state index contributed by atoms with van der Waals surface area (Å²) < 4.78 is 7.74. The lowest BCUT2D eigenvalue weighted by Gasteiger charge is -2.37. The molecule has 3 fully saturated rings. The molecule has 6 nitrogen and oxygen atoms in total. The van der Waals surface area contributed by atoms with Crippen LogP contribution in [0.15, 0.2) is 12.4 Å². The molecule has 2 saturated carbocycles. The number of fused-ring (bicyclic) bond motifs is 2. The predicted molar refractivity (Wildman–Crippen MR) is 100 cm³/mol. The maximum absolute atomic E-state index is 13.0. The molecule has 25 heavy (non-hydrogen) atoms. The van der Waals surface area contributed by atoms with Crippen LogP contribution in [-0.2, 0) is 16.1 Å². The van der Waals surface area contributed by atoms with Crippen molar-refractivity contribution >= 4 is 30.7 Å². The van der Waals surface area contributed by atoms with Gasteiger partial charge in [0.05, 0.1) is 31.4 Å². The van der Waals surface area contributed by atoms with Gasteiger partial charge in [-0.15, -0.1) is 24.8 Å². The Hall–Kier alpha value is -0.820. The number of aromatic nitrogens is 2. The number of carbonyl (C=O) groups excluding carboxylic acids is 1. The minimum Gasteiger partial charge on any atom is -0.373 e. The Morgan fingerprint density at radius 3 is 2.76 bits per heavy atom. The first kappa shape index (κ1) is 20.5. The molecule has 4 rings (SSSR count). The fourth-order valence-electron chi connectivity index (χ4n) is 4.72. The fourth-order valence-corrected chi connectivity index (χ4v) is 4.72. The van der Waals surface area contributed by atoms with Crippen LogP contribution in [-0.4, -0.2) is 52.4 Å². The van der Waals surface area contributed by atoms with E-state index in [0.29, 0.717) is 38.1 Å². The molecule has 142 valence electrons. The molecule has 5 unspecified atom stereocenters. The van der Waals surface area contributed by atoms with Gasteiger partial charge in [-0.25, -0.2) is 0 Å². The van der Waals surface area contributed by atoms with Gasteiger partial charge >= 0.3 is 0 Å². The number of amides is 1. The van der Waals surface area contributed by atoms with E-state index in [0.717, 1.165) is 12.0 Å². The molecule has 1 aromatic heterocycles. The molecule has 5 atom stereocenters. The van der Waals surface area contributed by atoms with Crippen molar-refractivity contribution in [2.24, 2.45) is 23.5 Å². The van der Waals surface area contributed by atoms with Gasteiger partial charge in [-0.2, -0.15) is 5.10 Å². The van der Waals surface area contributed by atoms with Gasteiger partial charge in [-0.3, -0.25) is 9.48 Å².